The molecule has 0 radical (unpaired) electrons. The molecule has 0 atom stereocenters. The first kappa shape index (κ1) is 12.1. The van der Waals surface area contributed by atoms with Gasteiger partial charge >= 0.3 is 0 Å². The van der Waals surface area contributed by atoms with Gasteiger partial charge in [-0.05, 0) is 39.8 Å². The lowest BCUT2D eigenvalue weighted by molar-refractivity contribution is 0.0941. The fourth-order valence-electron chi connectivity index (χ4n) is 2.24. The van der Waals surface area contributed by atoms with Crippen LogP contribution in [0.1, 0.15) is 48.7 Å². The van der Waals surface area contributed by atoms with E-state index in [1.807, 2.05) is 13.8 Å². The average molecular weight is 236 g/mol. The number of rotatable bonds is 3. The summed E-state index contributed by atoms with van der Waals surface area (Å²) in [5.74, 6) is 0.397. The molecular formula is C12H20N4O. The zero-order valence-electron chi connectivity index (χ0n) is 10.4. The highest BCUT2D eigenvalue weighted by Gasteiger charge is 2.23. The summed E-state index contributed by atoms with van der Waals surface area (Å²) < 4.78 is 0. The fraction of sp³-hybridized carbons (Fsp3) is 0.667. The summed E-state index contributed by atoms with van der Waals surface area (Å²) >= 11 is 0. The Morgan fingerprint density at radius 1 is 1.47 bits per heavy atom. The lowest BCUT2D eigenvalue weighted by Gasteiger charge is -2.22. The number of hydrogen-bond donors (Lipinski definition) is 3. The summed E-state index contributed by atoms with van der Waals surface area (Å²) in [4.78, 5) is 12.0. The minimum atomic E-state index is -0.0257. The monoisotopic (exact) mass is 236 g/mol. The Labute approximate surface area is 101 Å². The molecule has 1 amide bonds. The maximum Gasteiger partial charge on any atom is 0.254 e. The predicted molar refractivity (Wildman–Crippen MR) is 66.0 cm³/mol. The lowest BCUT2D eigenvalue weighted by atomic mass is 9.92. The van der Waals surface area contributed by atoms with E-state index < -0.39 is 0 Å². The molecule has 0 aliphatic carbocycles. The van der Waals surface area contributed by atoms with Crippen LogP contribution in [0.25, 0.3) is 0 Å². The summed E-state index contributed by atoms with van der Waals surface area (Å²) in [7, 11) is 0. The van der Waals surface area contributed by atoms with Crippen molar-refractivity contribution in [3.8, 4) is 0 Å². The Morgan fingerprint density at radius 2 is 2.18 bits per heavy atom. The maximum atomic E-state index is 12.0. The van der Waals surface area contributed by atoms with Crippen molar-refractivity contribution in [1.82, 2.24) is 20.8 Å². The molecule has 0 aromatic carbocycles. The molecule has 0 spiro atoms. The lowest BCUT2D eigenvalue weighted by Crippen LogP contribution is -2.32. The van der Waals surface area contributed by atoms with Crippen LogP contribution in [0.3, 0.4) is 0 Å². The van der Waals surface area contributed by atoms with E-state index in [1.165, 1.54) is 0 Å². The molecule has 0 saturated carbocycles. The molecule has 1 aromatic rings. The van der Waals surface area contributed by atoms with E-state index >= 15 is 0 Å². The van der Waals surface area contributed by atoms with E-state index in [9.17, 15) is 4.79 Å². The number of carbonyl (C=O) groups excluding carboxylic acids is 1. The molecule has 17 heavy (non-hydrogen) atoms. The highest BCUT2D eigenvalue weighted by molar-refractivity contribution is 5.95. The molecule has 5 nitrogen and oxygen atoms in total. The second-order valence-corrected chi connectivity index (χ2v) is 4.85. The van der Waals surface area contributed by atoms with E-state index in [0.29, 0.717) is 11.5 Å². The third kappa shape index (κ3) is 2.85. The van der Waals surface area contributed by atoms with Gasteiger partial charge in [-0.2, -0.15) is 5.10 Å². The normalized spacial score (nSPS) is 17.4. The van der Waals surface area contributed by atoms with Crippen molar-refractivity contribution in [2.24, 2.45) is 0 Å². The molecular weight excluding hydrogens is 216 g/mol. The number of hydrogen-bond acceptors (Lipinski definition) is 3. The van der Waals surface area contributed by atoms with Crippen LogP contribution in [0, 0.1) is 0 Å². The molecule has 1 aromatic heterocycles. The van der Waals surface area contributed by atoms with Gasteiger partial charge in [-0.3, -0.25) is 9.89 Å². The third-order valence-corrected chi connectivity index (χ3v) is 3.08. The molecule has 0 bridgehead atoms. The number of aromatic amines is 1. The zero-order valence-corrected chi connectivity index (χ0v) is 10.4. The number of nitrogens with one attached hydrogen (secondary N) is 3. The molecule has 1 saturated heterocycles. The van der Waals surface area contributed by atoms with Crippen LogP contribution in [0.4, 0.5) is 0 Å². The van der Waals surface area contributed by atoms with Crippen molar-refractivity contribution in [2.75, 3.05) is 13.1 Å². The molecule has 3 N–H and O–H groups in total. The number of H-pyrrole nitrogens is 1. The number of amides is 1. The first-order chi connectivity index (χ1) is 8.18. The standard InChI is InChI=1S/C12H20N4O/c1-8(2)15-12(17)10-7-14-16-11(10)9-3-5-13-6-4-9/h7-9,13H,3-6H2,1-2H3,(H,14,16)(H,15,17). The smallest absolute Gasteiger partial charge is 0.254 e. The minimum Gasteiger partial charge on any atom is -0.350 e. The minimum absolute atomic E-state index is 0.0257. The Hall–Kier alpha value is -1.36. The van der Waals surface area contributed by atoms with Crippen molar-refractivity contribution >= 4 is 5.91 Å². The molecule has 2 rings (SSSR count). The Balaban J connectivity index is 2.12. The van der Waals surface area contributed by atoms with Crippen LogP contribution in [-0.4, -0.2) is 35.2 Å². The van der Waals surface area contributed by atoms with Gasteiger partial charge in [0.2, 0.25) is 0 Å². The van der Waals surface area contributed by atoms with Gasteiger partial charge in [-0.25, -0.2) is 0 Å². The quantitative estimate of drug-likeness (QED) is 0.733. The van der Waals surface area contributed by atoms with Gasteiger partial charge in [-0.1, -0.05) is 0 Å². The summed E-state index contributed by atoms with van der Waals surface area (Å²) in [6, 6.07) is 0.151. The SMILES string of the molecule is CC(C)NC(=O)c1cn[nH]c1C1CCNCC1. The van der Waals surface area contributed by atoms with Crippen LogP contribution in [0.15, 0.2) is 6.20 Å². The van der Waals surface area contributed by atoms with Gasteiger partial charge in [0.05, 0.1) is 17.5 Å². The van der Waals surface area contributed by atoms with Crippen LogP contribution < -0.4 is 10.6 Å². The number of carbonyl (C=O) groups is 1. The summed E-state index contributed by atoms with van der Waals surface area (Å²) in [6.07, 6.45) is 3.75. The third-order valence-electron chi connectivity index (χ3n) is 3.08. The molecule has 94 valence electrons. The molecule has 1 fully saturated rings. The van der Waals surface area contributed by atoms with Crippen LogP contribution in [0.5, 0.6) is 0 Å². The van der Waals surface area contributed by atoms with Crippen LogP contribution in [0.2, 0.25) is 0 Å². The maximum absolute atomic E-state index is 12.0. The van der Waals surface area contributed by atoms with E-state index in [2.05, 4.69) is 20.8 Å². The Kier molecular flexibility index (Phi) is 3.78. The van der Waals surface area contributed by atoms with Crippen molar-refractivity contribution in [3.63, 3.8) is 0 Å². The molecule has 1 aliphatic rings. The van der Waals surface area contributed by atoms with Crippen molar-refractivity contribution in [3.05, 3.63) is 17.5 Å². The Morgan fingerprint density at radius 3 is 2.82 bits per heavy atom. The van der Waals surface area contributed by atoms with Crippen molar-refractivity contribution in [2.45, 2.75) is 38.6 Å². The van der Waals surface area contributed by atoms with E-state index in [4.69, 9.17) is 0 Å². The van der Waals surface area contributed by atoms with Gasteiger partial charge in [-0.15, -0.1) is 0 Å². The van der Waals surface area contributed by atoms with Gasteiger partial charge < -0.3 is 10.6 Å². The fourth-order valence-corrected chi connectivity index (χ4v) is 2.24. The molecule has 2 heterocycles. The zero-order chi connectivity index (χ0) is 12.3. The van der Waals surface area contributed by atoms with Gasteiger partial charge in [0.15, 0.2) is 0 Å². The summed E-state index contributed by atoms with van der Waals surface area (Å²) in [6.45, 7) is 5.94. The topological polar surface area (TPSA) is 69.8 Å². The van der Waals surface area contributed by atoms with Crippen LogP contribution >= 0.6 is 0 Å². The van der Waals surface area contributed by atoms with Crippen LogP contribution in [-0.2, 0) is 0 Å². The van der Waals surface area contributed by atoms with E-state index in [1.54, 1.807) is 6.20 Å². The first-order valence-electron chi connectivity index (χ1n) is 6.23. The first-order valence-corrected chi connectivity index (χ1v) is 6.23. The Bertz CT molecular complexity index is 380. The highest BCUT2D eigenvalue weighted by Crippen LogP contribution is 2.26. The van der Waals surface area contributed by atoms with E-state index in [0.717, 1.165) is 31.6 Å². The van der Waals surface area contributed by atoms with Crippen molar-refractivity contribution < 1.29 is 4.79 Å². The van der Waals surface area contributed by atoms with Gasteiger partial charge in [0, 0.05) is 12.0 Å². The number of piperidine rings is 1. The van der Waals surface area contributed by atoms with Crippen molar-refractivity contribution in [1.29, 1.82) is 0 Å². The average Bonchev–Trinajstić information content (AvgIpc) is 2.78. The number of nitrogens with zero attached hydrogens (tertiary/aromatic N) is 1. The van der Waals surface area contributed by atoms with E-state index in [-0.39, 0.29) is 11.9 Å². The molecule has 1 aliphatic heterocycles. The molecule has 5 heteroatoms. The van der Waals surface area contributed by atoms with Gasteiger partial charge in [0.25, 0.3) is 5.91 Å². The predicted octanol–water partition coefficient (Wildman–Crippen LogP) is 1.01. The number of aromatic nitrogens is 2. The highest BCUT2D eigenvalue weighted by atomic mass is 16.1. The largest absolute Gasteiger partial charge is 0.350 e. The van der Waals surface area contributed by atoms with Gasteiger partial charge in [0.1, 0.15) is 0 Å². The molecule has 0 unspecified atom stereocenters. The summed E-state index contributed by atoms with van der Waals surface area (Å²) in [5, 5.41) is 13.2. The summed E-state index contributed by atoms with van der Waals surface area (Å²) in [5.41, 5.74) is 1.69. The second-order valence-electron chi connectivity index (χ2n) is 4.85. The second kappa shape index (κ2) is 5.31.